The monoisotopic (exact) mass is 400 g/mol. The number of carbonyl (C=O) groups excluding carboxylic acids is 1. The van der Waals surface area contributed by atoms with Crippen molar-refractivity contribution in [3.63, 3.8) is 0 Å². The zero-order valence-corrected chi connectivity index (χ0v) is 16.8. The van der Waals surface area contributed by atoms with Crippen LogP contribution in [0.2, 0.25) is 0 Å². The van der Waals surface area contributed by atoms with Crippen LogP contribution in [0.25, 0.3) is 0 Å². The molecule has 1 fully saturated rings. The number of benzene rings is 2. The normalized spacial score (nSPS) is 16.2. The van der Waals surface area contributed by atoms with Crippen molar-refractivity contribution in [1.82, 2.24) is 0 Å². The Morgan fingerprint density at radius 3 is 2.50 bits per heavy atom. The second kappa shape index (κ2) is 7.13. The van der Waals surface area contributed by atoms with Crippen LogP contribution >= 0.6 is 0 Å². The number of nitrogens with one attached hydrogen (secondary N) is 1. The third kappa shape index (κ3) is 3.85. The van der Waals surface area contributed by atoms with Crippen LogP contribution in [0.15, 0.2) is 47.4 Å². The van der Waals surface area contributed by atoms with Gasteiger partial charge in [-0.15, -0.1) is 0 Å². The number of anilines is 2. The summed E-state index contributed by atoms with van der Waals surface area (Å²) in [4.78, 5) is 14.4. The molecule has 0 atom stereocenters. The minimum Gasteiger partial charge on any atom is -0.491 e. The number of fused-ring (bicyclic) bond motifs is 1. The van der Waals surface area contributed by atoms with Gasteiger partial charge in [0.15, 0.2) is 0 Å². The molecule has 0 unspecified atom stereocenters. The van der Waals surface area contributed by atoms with Gasteiger partial charge in [-0.1, -0.05) is 0 Å². The maximum absolute atomic E-state index is 12.8. The largest absolute Gasteiger partial charge is 0.491 e. The van der Waals surface area contributed by atoms with Gasteiger partial charge in [0.05, 0.1) is 11.0 Å². The Morgan fingerprint density at radius 2 is 1.86 bits per heavy atom. The van der Waals surface area contributed by atoms with Crippen LogP contribution < -0.4 is 14.4 Å². The first kappa shape index (κ1) is 18.8. The van der Waals surface area contributed by atoms with Crippen molar-refractivity contribution in [1.29, 1.82) is 0 Å². The second-order valence-corrected chi connectivity index (χ2v) is 9.28. The summed E-state index contributed by atoms with van der Waals surface area (Å²) in [7, 11) is -3.71. The molecule has 1 aliphatic heterocycles. The van der Waals surface area contributed by atoms with Crippen LogP contribution in [0.1, 0.15) is 32.3 Å². The van der Waals surface area contributed by atoms with E-state index in [1.807, 2.05) is 13.8 Å². The number of nitrogens with zero attached hydrogens (tertiary/aromatic N) is 1. The lowest BCUT2D eigenvalue weighted by Crippen LogP contribution is -2.30. The zero-order valence-electron chi connectivity index (χ0n) is 16.0. The highest BCUT2D eigenvalue weighted by Gasteiger charge is 2.36. The van der Waals surface area contributed by atoms with E-state index in [4.69, 9.17) is 4.74 Å². The van der Waals surface area contributed by atoms with Crippen LogP contribution in [0.5, 0.6) is 5.75 Å². The third-order valence-electron chi connectivity index (χ3n) is 4.93. The second-order valence-electron chi connectivity index (χ2n) is 7.60. The van der Waals surface area contributed by atoms with E-state index in [9.17, 15) is 13.2 Å². The van der Waals surface area contributed by atoms with E-state index in [1.165, 1.54) is 0 Å². The highest BCUT2D eigenvalue weighted by Crippen LogP contribution is 2.37. The van der Waals surface area contributed by atoms with E-state index in [2.05, 4.69) is 4.72 Å². The molecule has 1 aliphatic carbocycles. The lowest BCUT2D eigenvalue weighted by atomic mass is 10.2. The van der Waals surface area contributed by atoms with Crippen LogP contribution in [-0.2, 0) is 21.2 Å². The lowest BCUT2D eigenvalue weighted by molar-refractivity contribution is -0.119. The first-order valence-electron chi connectivity index (χ1n) is 9.57. The Labute approximate surface area is 165 Å². The van der Waals surface area contributed by atoms with Crippen LogP contribution in [-0.4, -0.2) is 27.0 Å². The van der Waals surface area contributed by atoms with E-state index >= 15 is 0 Å². The summed E-state index contributed by atoms with van der Waals surface area (Å²) in [6.07, 6.45) is 2.66. The van der Waals surface area contributed by atoms with Crippen molar-refractivity contribution in [3.05, 3.63) is 48.0 Å². The van der Waals surface area contributed by atoms with Gasteiger partial charge >= 0.3 is 0 Å². The van der Waals surface area contributed by atoms with Gasteiger partial charge in [-0.05, 0) is 81.1 Å². The number of amides is 1. The third-order valence-corrected chi connectivity index (χ3v) is 6.31. The number of hydrogen-bond acceptors (Lipinski definition) is 4. The average molecular weight is 401 g/mol. The van der Waals surface area contributed by atoms with Gasteiger partial charge < -0.3 is 9.64 Å². The molecule has 1 N–H and O–H groups in total. The number of hydrogen-bond donors (Lipinski definition) is 1. The molecule has 6 nitrogen and oxygen atoms in total. The predicted molar refractivity (Wildman–Crippen MR) is 108 cm³/mol. The summed E-state index contributed by atoms with van der Waals surface area (Å²) >= 11 is 0. The van der Waals surface area contributed by atoms with Gasteiger partial charge in [0.25, 0.3) is 10.0 Å². The minimum absolute atomic E-state index is 0.0558. The smallest absolute Gasteiger partial charge is 0.261 e. The van der Waals surface area contributed by atoms with Crippen molar-refractivity contribution < 1.29 is 17.9 Å². The average Bonchev–Trinajstić information content (AvgIpc) is 3.41. The fraction of sp³-hybridized carbons (Fsp3) is 0.381. The van der Waals surface area contributed by atoms with Crippen molar-refractivity contribution >= 4 is 27.3 Å². The Morgan fingerprint density at radius 1 is 1.14 bits per heavy atom. The Hall–Kier alpha value is -2.54. The number of sulfonamides is 1. The fourth-order valence-corrected chi connectivity index (χ4v) is 4.52. The van der Waals surface area contributed by atoms with Gasteiger partial charge in [0, 0.05) is 23.8 Å². The molecule has 1 saturated carbocycles. The van der Waals surface area contributed by atoms with Gasteiger partial charge in [-0.2, -0.15) is 0 Å². The van der Waals surface area contributed by atoms with Gasteiger partial charge in [-0.3, -0.25) is 9.52 Å². The van der Waals surface area contributed by atoms with Gasteiger partial charge in [0.2, 0.25) is 5.91 Å². The van der Waals surface area contributed by atoms with E-state index in [0.29, 0.717) is 24.4 Å². The molecule has 2 aliphatic rings. The molecule has 1 heterocycles. The molecule has 2 aromatic carbocycles. The Balaban J connectivity index is 1.51. The standard InChI is InChI=1S/C21H24N2O4S/c1-14(2)27-18-7-5-17(6-8-18)22-28(25,26)19-9-10-20-16(13-19)11-12-23(20)21(24)15-3-4-15/h5-10,13-15,22H,3-4,11-12H2,1-2H3. The first-order chi connectivity index (χ1) is 13.3. The summed E-state index contributed by atoms with van der Waals surface area (Å²) in [6, 6.07) is 11.8. The minimum atomic E-state index is -3.71. The van der Waals surface area contributed by atoms with Crippen LogP contribution in [0, 0.1) is 5.92 Å². The molecule has 0 spiro atoms. The van der Waals surface area contributed by atoms with Gasteiger partial charge in [-0.25, -0.2) is 8.42 Å². The van der Waals surface area contributed by atoms with E-state index < -0.39 is 10.0 Å². The Bertz CT molecular complexity index is 996. The molecular formula is C21H24N2O4S. The molecule has 28 heavy (non-hydrogen) atoms. The van der Waals surface area contributed by atoms with E-state index in [0.717, 1.165) is 24.1 Å². The van der Waals surface area contributed by atoms with Crippen LogP contribution in [0.3, 0.4) is 0 Å². The summed E-state index contributed by atoms with van der Waals surface area (Å²) in [5, 5.41) is 0. The molecule has 0 aromatic heterocycles. The molecule has 0 bridgehead atoms. The van der Waals surface area contributed by atoms with Crippen molar-refractivity contribution in [2.24, 2.45) is 5.92 Å². The number of carbonyl (C=O) groups is 1. The summed E-state index contributed by atoms with van der Waals surface area (Å²) in [6.45, 7) is 4.49. The highest BCUT2D eigenvalue weighted by atomic mass is 32.2. The summed E-state index contributed by atoms with van der Waals surface area (Å²) in [5.74, 6) is 1.01. The number of rotatable bonds is 6. The topological polar surface area (TPSA) is 75.7 Å². The zero-order chi connectivity index (χ0) is 19.9. The number of ether oxygens (including phenoxy) is 1. The predicted octanol–water partition coefficient (Wildman–Crippen LogP) is 3.57. The van der Waals surface area contributed by atoms with E-state index in [1.54, 1.807) is 47.4 Å². The maximum Gasteiger partial charge on any atom is 0.261 e. The van der Waals surface area contributed by atoms with Crippen molar-refractivity contribution in [2.75, 3.05) is 16.2 Å². The molecular weight excluding hydrogens is 376 g/mol. The fourth-order valence-electron chi connectivity index (χ4n) is 3.41. The quantitative estimate of drug-likeness (QED) is 0.804. The molecule has 0 saturated heterocycles. The molecule has 148 valence electrons. The molecule has 4 rings (SSSR count). The molecule has 7 heteroatoms. The lowest BCUT2D eigenvalue weighted by Gasteiger charge is -2.17. The first-order valence-corrected chi connectivity index (χ1v) is 11.1. The van der Waals surface area contributed by atoms with E-state index in [-0.39, 0.29) is 22.8 Å². The molecule has 2 aromatic rings. The summed E-state index contributed by atoms with van der Waals surface area (Å²) < 4.78 is 33.7. The molecule has 1 amide bonds. The SMILES string of the molecule is CC(C)Oc1ccc(NS(=O)(=O)c2ccc3c(c2)CCN3C(=O)C2CC2)cc1. The Kier molecular flexibility index (Phi) is 4.79. The van der Waals surface area contributed by atoms with Crippen LogP contribution in [0.4, 0.5) is 11.4 Å². The van der Waals surface area contributed by atoms with Crippen molar-refractivity contribution in [2.45, 2.75) is 44.1 Å². The highest BCUT2D eigenvalue weighted by molar-refractivity contribution is 7.92. The van der Waals surface area contributed by atoms with Crippen molar-refractivity contribution in [3.8, 4) is 5.75 Å². The maximum atomic E-state index is 12.8. The molecule has 0 radical (unpaired) electrons. The summed E-state index contributed by atoms with van der Waals surface area (Å²) in [5.41, 5.74) is 2.21. The van der Waals surface area contributed by atoms with Gasteiger partial charge in [0.1, 0.15) is 5.75 Å².